The van der Waals surface area contributed by atoms with Crippen LogP contribution in [0.5, 0.6) is 0 Å². The zero-order valence-corrected chi connectivity index (χ0v) is 10.7. The second kappa shape index (κ2) is 5.71. The SMILES string of the molecule is O=C(N/N=C\c1ccc(Cl)c(Cl)c1)c1ccc[nH]1. The van der Waals surface area contributed by atoms with Crippen LogP contribution in [0.2, 0.25) is 10.0 Å². The number of hydrogen-bond donors (Lipinski definition) is 2. The van der Waals surface area contributed by atoms with Crippen LogP contribution in [0.25, 0.3) is 0 Å². The van der Waals surface area contributed by atoms with E-state index in [1.165, 1.54) is 6.21 Å². The Bertz CT molecular complexity index is 579. The second-order valence-electron chi connectivity index (χ2n) is 3.46. The fourth-order valence-corrected chi connectivity index (χ4v) is 1.60. The first-order valence-corrected chi connectivity index (χ1v) is 5.84. The quantitative estimate of drug-likeness (QED) is 0.659. The van der Waals surface area contributed by atoms with Crippen molar-refractivity contribution in [2.75, 3.05) is 0 Å². The Morgan fingerprint density at radius 3 is 2.78 bits per heavy atom. The first-order chi connectivity index (χ1) is 8.66. The number of nitrogens with one attached hydrogen (secondary N) is 2. The second-order valence-corrected chi connectivity index (χ2v) is 4.27. The van der Waals surface area contributed by atoms with Crippen molar-refractivity contribution in [1.29, 1.82) is 0 Å². The monoisotopic (exact) mass is 281 g/mol. The van der Waals surface area contributed by atoms with E-state index in [4.69, 9.17) is 23.2 Å². The van der Waals surface area contributed by atoms with E-state index in [2.05, 4.69) is 15.5 Å². The minimum absolute atomic E-state index is 0.309. The molecule has 1 amide bonds. The highest BCUT2D eigenvalue weighted by atomic mass is 35.5. The predicted octanol–water partition coefficient (Wildman–Crippen LogP) is 3.09. The molecule has 0 atom stereocenters. The normalized spacial score (nSPS) is 10.8. The Labute approximate surface area is 114 Å². The highest BCUT2D eigenvalue weighted by Gasteiger charge is 2.03. The number of halogens is 2. The highest BCUT2D eigenvalue weighted by Crippen LogP contribution is 2.21. The Morgan fingerprint density at radius 1 is 1.28 bits per heavy atom. The van der Waals surface area contributed by atoms with Crippen molar-refractivity contribution >= 4 is 35.3 Å². The molecule has 0 aliphatic carbocycles. The maximum absolute atomic E-state index is 11.5. The van der Waals surface area contributed by atoms with Gasteiger partial charge in [0.1, 0.15) is 5.69 Å². The molecule has 92 valence electrons. The zero-order chi connectivity index (χ0) is 13.0. The molecular formula is C12H9Cl2N3O. The topological polar surface area (TPSA) is 57.2 Å². The summed E-state index contributed by atoms with van der Waals surface area (Å²) in [5, 5.41) is 4.74. The van der Waals surface area contributed by atoms with Crippen molar-refractivity contribution in [3.63, 3.8) is 0 Å². The molecule has 0 fully saturated rings. The molecule has 0 saturated heterocycles. The van der Waals surface area contributed by atoms with E-state index in [0.717, 1.165) is 5.56 Å². The number of carbonyl (C=O) groups excluding carboxylic acids is 1. The Morgan fingerprint density at radius 2 is 2.11 bits per heavy atom. The van der Waals surface area contributed by atoms with Gasteiger partial charge in [0.05, 0.1) is 16.3 Å². The lowest BCUT2D eigenvalue weighted by Gasteiger charge is -1.98. The van der Waals surface area contributed by atoms with Crippen molar-refractivity contribution in [3.8, 4) is 0 Å². The summed E-state index contributed by atoms with van der Waals surface area (Å²) in [4.78, 5) is 14.3. The van der Waals surface area contributed by atoms with E-state index in [-0.39, 0.29) is 5.91 Å². The third-order valence-corrected chi connectivity index (χ3v) is 2.90. The van der Waals surface area contributed by atoms with Gasteiger partial charge in [-0.2, -0.15) is 5.10 Å². The number of hydrazone groups is 1. The van der Waals surface area contributed by atoms with Crippen molar-refractivity contribution < 1.29 is 4.79 Å². The van der Waals surface area contributed by atoms with Gasteiger partial charge >= 0.3 is 0 Å². The van der Waals surface area contributed by atoms with Crippen molar-refractivity contribution in [2.45, 2.75) is 0 Å². The van der Waals surface area contributed by atoms with E-state index in [1.807, 2.05) is 0 Å². The fourth-order valence-electron chi connectivity index (χ4n) is 1.29. The van der Waals surface area contributed by atoms with E-state index >= 15 is 0 Å². The number of aromatic nitrogens is 1. The van der Waals surface area contributed by atoms with Crippen LogP contribution in [0.4, 0.5) is 0 Å². The summed E-state index contributed by atoms with van der Waals surface area (Å²) in [5.41, 5.74) is 3.58. The number of rotatable bonds is 3. The van der Waals surface area contributed by atoms with Gasteiger partial charge in [0.2, 0.25) is 0 Å². The van der Waals surface area contributed by atoms with Crippen molar-refractivity contribution in [2.24, 2.45) is 5.10 Å². The number of nitrogens with zero attached hydrogens (tertiary/aromatic N) is 1. The third kappa shape index (κ3) is 3.12. The van der Waals surface area contributed by atoms with Crippen LogP contribution in [-0.4, -0.2) is 17.1 Å². The number of hydrogen-bond acceptors (Lipinski definition) is 2. The summed E-state index contributed by atoms with van der Waals surface area (Å²) in [6, 6.07) is 8.46. The lowest BCUT2D eigenvalue weighted by molar-refractivity contribution is 0.0951. The number of carbonyl (C=O) groups is 1. The molecule has 6 heteroatoms. The van der Waals surface area contributed by atoms with Crippen LogP contribution in [0.15, 0.2) is 41.6 Å². The summed E-state index contributed by atoms with van der Waals surface area (Å²) >= 11 is 11.6. The van der Waals surface area contributed by atoms with Gasteiger partial charge in [0, 0.05) is 6.20 Å². The van der Waals surface area contributed by atoms with Gasteiger partial charge in [-0.05, 0) is 29.8 Å². The number of aromatic amines is 1. The number of H-pyrrole nitrogens is 1. The molecule has 0 spiro atoms. The van der Waals surface area contributed by atoms with E-state index in [0.29, 0.717) is 15.7 Å². The van der Waals surface area contributed by atoms with Crippen molar-refractivity contribution in [1.82, 2.24) is 10.4 Å². The van der Waals surface area contributed by atoms with Gasteiger partial charge in [0.25, 0.3) is 5.91 Å². The van der Waals surface area contributed by atoms with Gasteiger partial charge in [0.15, 0.2) is 0 Å². The number of amides is 1. The summed E-state index contributed by atoms with van der Waals surface area (Å²) in [7, 11) is 0. The van der Waals surface area contributed by atoms with Crippen molar-refractivity contribution in [3.05, 3.63) is 57.8 Å². The summed E-state index contributed by atoms with van der Waals surface area (Å²) in [6.45, 7) is 0. The minimum atomic E-state index is -0.309. The Hall–Kier alpha value is -1.78. The Balaban J connectivity index is 1.99. The molecule has 2 aromatic rings. The smallest absolute Gasteiger partial charge is 0.287 e. The fraction of sp³-hybridized carbons (Fsp3) is 0. The molecule has 0 saturated carbocycles. The molecule has 0 aliphatic heterocycles. The number of benzene rings is 1. The van der Waals surface area contributed by atoms with Gasteiger partial charge < -0.3 is 4.98 Å². The van der Waals surface area contributed by atoms with E-state index < -0.39 is 0 Å². The van der Waals surface area contributed by atoms with Gasteiger partial charge in [-0.15, -0.1) is 0 Å². The summed E-state index contributed by atoms with van der Waals surface area (Å²) in [5.74, 6) is -0.309. The van der Waals surface area contributed by atoms with Crippen LogP contribution in [0, 0.1) is 0 Å². The minimum Gasteiger partial charge on any atom is -0.357 e. The van der Waals surface area contributed by atoms with Gasteiger partial charge in [-0.3, -0.25) is 4.79 Å². The standard InChI is InChI=1S/C12H9Cl2N3O/c13-9-4-3-8(6-10(9)14)7-16-17-12(18)11-2-1-5-15-11/h1-7,15H,(H,17,18)/b16-7-. The molecule has 4 nitrogen and oxygen atoms in total. The molecule has 1 aromatic heterocycles. The predicted molar refractivity (Wildman–Crippen MR) is 72.3 cm³/mol. The molecule has 1 heterocycles. The van der Waals surface area contributed by atoms with Gasteiger partial charge in [-0.25, -0.2) is 5.43 Å². The third-order valence-electron chi connectivity index (χ3n) is 2.17. The maximum atomic E-state index is 11.5. The van der Waals surface area contributed by atoms with Gasteiger partial charge in [-0.1, -0.05) is 29.3 Å². The molecule has 0 radical (unpaired) electrons. The van der Waals surface area contributed by atoms with Crippen LogP contribution in [0.1, 0.15) is 16.1 Å². The lowest BCUT2D eigenvalue weighted by atomic mass is 10.2. The largest absolute Gasteiger partial charge is 0.357 e. The van der Waals surface area contributed by atoms with Crippen LogP contribution >= 0.6 is 23.2 Å². The van der Waals surface area contributed by atoms with Crippen LogP contribution in [0.3, 0.4) is 0 Å². The first-order valence-electron chi connectivity index (χ1n) is 5.08. The molecule has 18 heavy (non-hydrogen) atoms. The van der Waals surface area contributed by atoms with Crippen LogP contribution < -0.4 is 5.43 Å². The molecule has 2 rings (SSSR count). The molecule has 0 unspecified atom stereocenters. The average Bonchev–Trinajstić information content (AvgIpc) is 2.87. The van der Waals surface area contributed by atoms with E-state index in [9.17, 15) is 4.79 Å². The molecular weight excluding hydrogens is 273 g/mol. The van der Waals surface area contributed by atoms with E-state index in [1.54, 1.807) is 36.5 Å². The van der Waals surface area contributed by atoms with Crippen LogP contribution in [-0.2, 0) is 0 Å². The highest BCUT2D eigenvalue weighted by molar-refractivity contribution is 6.42. The Kier molecular flexibility index (Phi) is 4.02. The first kappa shape index (κ1) is 12.7. The molecule has 2 N–H and O–H groups in total. The lowest BCUT2D eigenvalue weighted by Crippen LogP contribution is -2.17. The zero-order valence-electron chi connectivity index (χ0n) is 9.15. The summed E-state index contributed by atoms with van der Waals surface area (Å²) < 4.78 is 0. The molecule has 0 aliphatic rings. The maximum Gasteiger partial charge on any atom is 0.287 e. The average molecular weight is 282 g/mol. The molecule has 1 aromatic carbocycles. The summed E-state index contributed by atoms with van der Waals surface area (Å²) in [6.07, 6.45) is 3.15. The molecule has 0 bridgehead atoms.